The number of ether oxygens (including phenoxy) is 2. The van der Waals surface area contributed by atoms with Crippen LogP contribution in [-0.2, 0) is 15.2 Å². The van der Waals surface area contributed by atoms with Crippen molar-refractivity contribution in [1.29, 1.82) is 0 Å². The van der Waals surface area contributed by atoms with Crippen molar-refractivity contribution in [2.24, 2.45) is 5.92 Å². The molecule has 2 N–H and O–H groups in total. The van der Waals surface area contributed by atoms with Crippen LogP contribution in [-0.4, -0.2) is 43.2 Å². The van der Waals surface area contributed by atoms with Crippen molar-refractivity contribution in [2.45, 2.75) is 18.9 Å². The van der Waals surface area contributed by atoms with Crippen LogP contribution in [0, 0.1) is 5.92 Å². The van der Waals surface area contributed by atoms with Gasteiger partial charge in [0, 0.05) is 24.7 Å². The first kappa shape index (κ1) is 18.4. The first-order valence-electron chi connectivity index (χ1n) is 9.18. The molecule has 1 aromatic carbocycles. The van der Waals surface area contributed by atoms with Crippen LogP contribution in [0.5, 0.6) is 11.5 Å². The molecule has 2 aliphatic rings. The first-order chi connectivity index (χ1) is 13.4. The third-order valence-corrected chi connectivity index (χ3v) is 4.99. The molecule has 0 aliphatic carbocycles. The SMILES string of the molecule is C[C@](O)(CNC(=O)[C@@H]1CC(=O)N(c2ccc3c(c2)OCCO3)C1)c1ccco1. The number of anilines is 1. The molecule has 1 aromatic heterocycles. The van der Waals surface area contributed by atoms with Crippen molar-refractivity contribution in [3.8, 4) is 11.5 Å². The summed E-state index contributed by atoms with van der Waals surface area (Å²) in [5.41, 5.74) is -0.649. The minimum Gasteiger partial charge on any atom is -0.486 e. The molecular weight excluding hydrogens is 364 g/mol. The van der Waals surface area contributed by atoms with E-state index in [9.17, 15) is 14.7 Å². The Bertz CT molecular complexity index is 877. The van der Waals surface area contributed by atoms with Crippen molar-refractivity contribution < 1.29 is 28.6 Å². The maximum atomic E-state index is 12.5. The van der Waals surface area contributed by atoms with Crippen molar-refractivity contribution >= 4 is 17.5 Å². The summed E-state index contributed by atoms with van der Waals surface area (Å²) < 4.78 is 16.3. The highest BCUT2D eigenvalue weighted by molar-refractivity contribution is 6.00. The maximum absolute atomic E-state index is 12.5. The van der Waals surface area contributed by atoms with E-state index in [2.05, 4.69) is 5.32 Å². The van der Waals surface area contributed by atoms with Gasteiger partial charge < -0.3 is 29.2 Å². The van der Waals surface area contributed by atoms with Crippen molar-refractivity contribution in [2.75, 3.05) is 31.2 Å². The van der Waals surface area contributed by atoms with Gasteiger partial charge in [-0.15, -0.1) is 0 Å². The van der Waals surface area contributed by atoms with E-state index in [4.69, 9.17) is 13.9 Å². The number of nitrogens with one attached hydrogen (secondary N) is 1. The predicted octanol–water partition coefficient (Wildman–Crippen LogP) is 1.43. The zero-order valence-corrected chi connectivity index (χ0v) is 15.5. The molecule has 0 spiro atoms. The normalized spacial score (nSPS) is 20.7. The molecule has 0 saturated carbocycles. The number of carbonyl (C=O) groups excluding carboxylic acids is 2. The second-order valence-electron chi connectivity index (χ2n) is 7.20. The summed E-state index contributed by atoms with van der Waals surface area (Å²) in [6, 6.07) is 8.63. The largest absolute Gasteiger partial charge is 0.486 e. The summed E-state index contributed by atoms with van der Waals surface area (Å²) in [5.74, 6) is 0.714. The van der Waals surface area contributed by atoms with Crippen molar-refractivity contribution in [3.05, 3.63) is 42.4 Å². The Balaban J connectivity index is 1.39. The van der Waals surface area contributed by atoms with Gasteiger partial charge in [-0.2, -0.15) is 0 Å². The summed E-state index contributed by atoms with van der Waals surface area (Å²) in [4.78, 5) is 26.6. The van der Waals surface area contributed by atoms with Crippen molar-refractivity contribution in [1.82, 2.24) is 5.32 Å². The molecule has 8 nitrogen and oxygen atoms in total. The van der Waals surface area contributed by atoms with E-state index < -0.39 is 11.5 Å². The van der Waals surface area contributed by atoms with Crippen LogP contribution in [0.4, 0.5) is 5.69 Å². The van der Waals surface area contributed by atoms with Crippen LogP contribution < -0.4 is 19.7 Å². The highest BCUT2D eigenvalue weighted by atomic mass is 16.6. The lowest BCUT2D eigenvalue weighted by molar-refractivity contribution is -0.127. The number of hydrogen-bond acceptors (Lipinski definition) is 6. The molecule has 3 heterocycles. The minimum absolute atomic E-state index is 0.00589. The van der Waals surface area contributed by atoms with Gasteiger partial charge in [-0.25, -0.2) is 0 Å². The minimum atomic E-state index is -1.32. The van der Waals surface area contributed by atoms with Crippen LogP contribution in [0.15, 0.2) is 41.0 Å². The van der Waals surface area contributed by atoms with E-state index in [1.165, 1.54) is 6.26 Å². The van der Waals surface area contributed by atoms with Gasteiger partial charge in [0.2, 0.25) is 11.8 Å². The number of hydrogen-bond donors (Lipinski definition) is 2. The van der Waals surface area contributed by atoms with Crippen LogP contribution in [0.2, 0.25) is 0 Å². The number of furan rings is 1. The van der Waals surface area contributed by atoms with Gasteiger partial charge in [-0.3, -0.25) is 9.59 Å². The number of rotatable bonds is 5. The molecule has 2 aliphatic heterocycles. The summed E-state index contributed by atoms with van der Waals surface area (Å²) in [6.07, 6.45) is 1.58. The van der Waals surface area contributed by atoms with Gasteiger partial charge in [0.05, 0.1) is 18.7 Å². The second-order valence-corrected chi connectivity index (χ2v) is 7.20. The molecule has 1 saturated heterocycles. The monoisotopic (exact) mass is 386 g/mol. The fourth-order valence-corrected chi connectivity index (χ4v) is 3.41. The van der Waals surface area contributed by atoms with E-state index in [0.717, 1.165) is 0 Å². The number of nitrogens with zero attached hydrogens (tertiary/aromatic N) is 1. The van der Waals surface area contributed by atoms with E-state index in [1.54, 1.807) is 42.2 Å². The van der Waals surface area contributed by atoms with Crippen molar-refractivity contribution in [3.63, 3.8) is 0 Å². The third-order valence-electron chi connectivity index (χ3n) is 4.99. The molecule has 2 amide bonds. The second kappa shape index (κ2) is 7.20. The maximum Gasteiger partial charge on any atom is 0.227 e. The summed E-state index contributed by atoms with van der Waals surface area (Å²) in [7, 11) is 0. The quantitative estimate of drug-likeness (QED) is 0.806. The molecule has 28 heavy (non-hydrogen) atoms. The van der Waals surface area contributed by atoms with Gasteiger partial charge in [0.15, 0.2) is 11.5 Å². The topological polar surface area (TPSA) is 101 Å². The number of fused-ring (bicyclic) bond motifs is 1. The Morgan fingerprint density at radius 3 is 2.82 bits per heavy atom. The van der Waals surface area contributed by atoms with E-state index in [-0.39, 0.29) is 31.3 Å². The number of aliphatic hydroxyl groups is 1. The standard InChI is InChI=1S/C20H22N2O6/c1-20(25,17-3-2-6-28-17)12-21-19(24)13-9-18(23)22(11-13)14-4-5-15-16(10-14)27-8-7-26-15/h2-6,10,13,25H,7-9,11-12H2,1H3,(H,21,24)/t13-,20+/m1/s1. The fourth-order valence-electron chi connectivity index (χ4n) is 3.41. The average Bonchev–Trinajstić information content (AvgIpc) is 3.36. The van der Waals surface area contributed by atoms with Crippen LogP contribution in [0.1, 0.15) is 19.1 Å². The summed E-state index contributed by atoms with van der Waals surface area (Å²) in [6.45, 7) is 2.79. The van der Waals surface area contributed by atoms with Gasteiger partial charge >= 0.3 is 0 Å². The molecule has 8 heteroatoms. The molecular formula is C20H22N2O6. The highest BCUT2D eigenvalue weighted by Gasteiger charge is 2.36. The Morgan fingerprint density at radius 1 is 1.29 bits per heavy atom. The fraction of sp³-hybridized carbons (Fsp3) is 0.400. The third kappa shape index (κ3) is 3.55. The molecule has 2 atom stereocenters. The number of benzene rings is 1. The van der Waals surface area contributed by atoms with E-state index in [0.29, 0.717) is 36.2 Å². The molecule has 4 rings (SSSR count). The van der Waals surface area contributed by atoms with Crippen LogP contribution in [0.25, 0.3) is 0 Å². The lowest BCUT2D eigenvalue weighted by Crippen LogP contribution is -2.41. The summed E-state index contributed by atoms with van der Waals surface area (Å²) >= 11 is 0. The Kier molecular flexibility index (Phi) is 4.72. The zero-order chi connectivity index (χ0) is 19.7. The van der Waals surface area contributed by atoms with Gasteiger partial charge in [0.25, 0.3) is 0 Å². The molecule has 1 fully saturated rings. The Morgan fingerprint density at radius 2 is 2.07 bits per heavy atom. The van der Waals surface area contributed by atoms with Gasteiger partial charge in [0.1, 0.15) is 24.6 Å². The zero-order valence-electron chi connectivity index (χ0n) is 15.5. The smallest absolute Gasteiger partial charge is 0.227 e. The molecule has 0 radical (unpaired) electrons. The summed E-state index contributed by atoms with van der Waals surface area (Å²) in [5, 5.41) is 13.2. The highest BCUT2D eigenvalue weighted by Crippen LogP contribution is 2.36. The molecule has 2 aromatic rings. The Hall–Kier alpha value is -3.00. The van der Waals surface area contributed by atoms with E-state index >= 15 is 0 Å². The Labute approximate surface area is 162 Å². The first-order valence-corrected chi connectivity index (χ1v) is 9.18. The molecule has 148 valence electrons. The van der Waals surface area contributed by atoms with Gasteiger partial charge in [-0.05, 0) is 31.2 Å². The number of carbonyl (C=O) groups is 2. The average molecular weight is 386 g/mol. The van der Waals surface area contributed by atoms with Gasteiger partial charge in [-0.1, -0.05) is 0 Å². The predicted molar refractivity (Wildman–Crippen MR) is 99.2 cm³/mol. The lowest BCUT2D eigenvalue weighted by atomic mass is 10.0. The van der Waals surface area contributed by atoms with Crippen LogP contribution >= 0.6 is 0 Å². The van der Waals surface area contributed by atoms with Crippen LogP contribution in [0.3, 0.4) is 0 Å². The van der Waals surface area contributed by atoms with E-state index in [1.807, 2.05) is 0 Å². The molecule has 0 unspecified atom stereocenters. The molecule has 0 bridgehead atoms. The lowest BCUT2D eigenvalue weighted by Gasteiger charge is -2.23. The number of amides is 2.